The molecular formula is C30H31ClF3N5O3. The van der Waals surface area contributed by atoms with Gasteiger partial charge in [-0.05, 0) is 74.8 Å². The van der Waals surface area contributed by atoms with Crippen molar-refractivity contribution in [1.82, 2.24) is 24.4 Å². The Balaban J connectivity index is 1.28. The Morgan fingerprint density at radius 1 is 1.07 bits per heavy atom. The Hall–Kier alpha value is -3.70. The maximum Gasteiger partial charge on any atom is 0.434 e. The Labute approximate surface area is 245 Å². The number of nitrogens with one attached hydrogen (secondary N) is 1. The first kappa shape index (κ1) is 29.8. The molecule has 0 spiro atoms. The third kappa shape index (κ3) is 6.52. The SMILES string of the molecule is COCCCc1ccc(-n2c(=O)n(CC3CCC(NC(=O)c4cc(Cl)cnc4C(F)(F)F)CC3)c3ccccc32)cn1. The summed E-state index contributed by atoms with van der Waals surface area (Å²) < 4.78 is 48.7. The number of aryl methyl sites for hydroxylation is 1. The number of methoxy groups -OCH3 is 1. The number of halogens is 4. The van der Waals surface area contributed by atoms with E-state index >= 15 is 0 Å². The molecule has 3 heterocycles. The largest absolute Gasteiger partial charge is 0.434 e. The molecule has 0 unspecified atom stereocenters. The summed E-state index contributed by atoms with van der Waals surface area (Å²) in [4.78, 5) is 34.3. The van der Waals surface area contributed by atoms with E-state index < -0.39 is 23.3 Å². The maximum absolute atomic E-state index is 13.7. The summed E-state index contributed by atoms with van der Waals surface area (Å²) in [6.45, 7) is 1.15. The smallest absolute Gasteiger partial charge is 0.385 e. The van der Waals surface area contributed by atoms with Crippen LogP contribution in [0.4, 0.5) is 13.2 Å². The van der Waals surface area contributed by atoms with E-state index in [1.807, 2.05) is 36.4 Å². The fourth-order valence-electron chi connectivity index (χ4n) is 5.58. The number of hydrogen-bond acceptors (Lipinski definition) is 5. The van der Waals surface area contributed by atoms with Crippen molar-refractivity contribution in [1.29, 1.82) is 0 Å². The van der Waals surface area contributed by atoms with Crippen LogP contribution in [0.5, 0.6) is 0 Å². The number of para-hydroxylation sites is 2. The van der Waals surface area contributed by atoms with E-state index in [4.69, 9.17) is 16.3 Å². The molecule has 0 atom stereocenters. The van der Waals surface area contributed by atoms with Crippen LogP contribution in [0.25, 0.3) is 16.7 Å². The van der Waals surface area contributed by atoms with E-state index in [9.17, 15) is 22.8 Å². The summed E-state index contributed by atoms with van der Waals surface area (Å²) in [7, 11) is 1.67. The molecule has 1 fully saturated rings. The van der Waals surface area contributed by atoms with Crippen molar-refractivity contribution >= 4 is 28.5 Å². The molecule has 222 valence electrons. The molecule has 1 saturated carbocycles. The number of benzene rings is 1. The van der Waals surface area contributed by atoms with Crippen LogP contribution < -0.4 is 11.0 Å². The zero-order chi connectivity index (χ0) is 29.9. The second kappa shape index (κ2) is 12.7. The van der Waals surface area contributed by atoms with Gasteiger partial charge < -0.3 is 10.1 Å². The quantitative estimate of drug-likeness (QED) is 0.244. The predicted molar refractivity (Wildman–Crippen MR) is 153 cm³/mol. The number of aromatic nitrogens is 4. The van der Waals surface area contributed by atoms with Gasteiger partial charge in [0.2, 0.25) is 0 Å². The molecule has 1 N–H and O–H groups in total. The second-order valence-electron chi connectivity index (χ2n) is 10.6. The van der Waals surface area contributed by atoms with Crippen molar-refractivity contribution < 1.29 is 22.7 Å². The van der Waals surface area contributed by atoms with Crippen LogP contribution in [0.2, 0.25) is 5.02 Å². The van der Waals surface area contributed by atoms with Crippen molar-refractivity contribution in [3.05, 3.63) is 87.3 Å². The van der Waals surface area contributed by atoms with Crippen LogP contribution in [0.1, 0.15) is 53.8 Å². The summed E-state index contributed by atoms with van der Waals surface area (Å²) in [6, 6.07) is 12.1. The topological polar surface area (TPSA) is 91.0 Å². The summed E-state index contributed by atoms with van der Waals surface area (Å²) >= 11 is 5.83. The first-order valence-electron chi connectivity index (χ1n) is 13.8. The van der Waals surface area contributed by atoms with Crippen molar-refractivity contribution in [2.45, 2.75) is 57.3 Å². The minimum absolute atomic E-state index is 0.0461. The highest BCUT2D eigenvalue weighted by molar-refractivity contribution is 6.30. The lowest BCUT2D eigenvalue weighted by Gasteiger charge is -2.29. The first-order valence-corrected chi connectivity index (χ1v) is 14.2. The van der Waals surface area contributed by atoms with Gasteiger partial charge in [0.05, 0.1) is 33.5 Å². The third-order valence-electron chi connectivity index (χ3n) is 7.67. The fraction of sp³-hybridized carbons (Fsp3) is 0.400. The van der Waals surface area contributed by atoms with E-state index in [-0.39, 0.29) is 22.7 Å². The molecular weight excluding hydrogens is 571 g/mol. The van der Waals surface area contributed by atoms with Gasteiger partial charge in [0.15, 0.2) is 5.69 Å². The van der Waals surface area contributed by atoms with E-state index in [1.165, 1.54) is 0 Å². The lowest BCUT2D eigenvalue weighted by Crippen LogP contribution is -2.39. The minimum atomic E-state index is -4.77. The molecule has 5 rings (SSSR count). The van der Waals surface area contributed by atoms with Crippen molar-refractivity contribution in [3.8, 4) is 5.69 Å². The zero-order valence-electron chi connectivity index (χ0n) is 23.0. The molecule has 1 aromatic carbocycles. The number of nitrogens with zero attached hydrogens (tertiary/aromatic N) is 4. The molecule has 4 aromatic rings. The summed E-state index contributed by atoms with van der Waals surface area (Å²) in [5.41, 5.74) is 1.21. The van der Waals surface area contributed by atoms with E-state index in [1.54, 1.807) is 22.4 Å². The van der Waals surface area contributed by atoms with Crippen molar-refractivity contribution in [2.75, 3.05) is 13.7 Å². The maximum atomic E-state index is 13.7. The molecule has 0 saturated heterocycles. The number of ether oxygens (including phenoxy) is 1. The van der Waals surface area contributed by atoms with E-state index in [0.29, 0.717) is 44.5 Å². The number of carbonyl (C=O) groups excluding carboxylic acids is 1. The predicted octanol–water partition coefficient (Wildman–Crippen LogP) is 5.82. The molecule has 1 aliphatic rings. The third-order valence-corrected chi connectivity index (χ3v) is 7.88. The van der Waals surface area contributed by atoms with Gasteiger partial charge in [-0.2, -0.15) is 13.2 Å². The number of pyridine rings is 2. The van der Waals surface area contributed by atoms with Gasteiger partial charge in [-0.15, -0.1) is 0 Å². The normalized spacial score (nSPS) is 17.5. The second-order valence-corrected chi connectivity index (χ2v) is 11.0. The molecule has 0 aliphatic heterocycles. The highest BCUT2D eigenvalue weighted by atomic mass is 35.5. The van der Waals surface area contributed by atoms with Gasteiger partial charge in [0, 0.05) is 38.2 Å². The number of rotatable bonds is 9. The minimum Gasteiger partial charge on any atom is -0.385 e. The first-order chi connectivity index (χ1) is 20.2. The van der Waals surface area contributed by atoms with Crippen LogP contribution in [0.3, 0.4) is 0 Å². The molecule has 8 nitrogen and oxygen atoms in total. The van der Waals surface area contributed by atoms with Gasteiger partial charge in [-0.3, -0.25) is 18.9 Å². The van der Waals surface area contributed by atoms with E-state index in [2.05, 4.69) is 15.3 Å². The summed E-state index contributed by atoms with van der Waals surface area (Å²) in [6.07, 6.45) is 2.02. The standard InChI is InChI=1S/C30H31ClF3N5O3/c1-42-14-4-5-21-12-13-23(17-35-21)39-26-7-3-2-6-25(26)38(29(39)41)18-19-8-10-22(11-9-19)37-28(40)24-15-20(31)16-36-27(24)30(32,33)34/h2-3,6-7,12-13,15-17,19,22H,4-5,8-11,14,18H2,1H3,(H,37,40). The fourth-order valence-corrected chi connectivity index (χ4v) is 5.74. The van der Waals surface area contributed by atoms with Gasteiger partial charge in [-0.1, -0.05) is 23.7 Å². The molecule has 42 heavy (non-hydrogen) atoms. The lowest BCUT2D eigenvalue weighted by atomic mass is 9.85. The number of amides is 1. The monoisotopic (exact) mass is 601 g/mol. The number of fused-ring (bicyclic) bond motifs is 1. The van der Waals surface area contributed by atoms with Gasteiger partial charge in [-0.25, -0.2) is 9.78 Å². The van der Waals surface area contributed by atoms with Crippen molar-refractivity contribution in [2.24, 2.45) is 5.92 Å². The molecule has 1 amide bonds. The van der Waals surface area contributed by atoms with Crippen LogP contribution in [-0.4, -0.2) is 44.8 Å². The zero-order valence-corrected chi connectivity index (χ0v) is 23.8. The Kier molecular flexibility index (Phi) is 8.98. The number of carbonyl (C=O) groups is 1. The molecule has 12 heteroatoms. The number of imidazole rings is 1. The Morgan fingerprint density at radius 2 is 1.81 bits per heavy atom. The van der Waals surface area contributed by atoms with Crippen LogP contribution in [0.15, 0.2) is 59.7 Å². The molecule has 1 aliphatic carbocycles. The van der Waals surface area contributed by atoms with Crippen LogP contribution >= 0.6 is 11.6 Å². The van der Waals surface area contributed by atoms with Crippen LogP contribution in [0, 0.1) is 5.92 Å². The lowest BCUT2D eigenvalue weighted by molar-refractivity contribution is -0.141. The van der Waals surface area contributed by atoms with Gasteiger partial charge >= 0.3 is 11.9 Å². The summed E-state index contributed by atoms with van der Waals surface area (Å²) in [5.74, 6) is -0.687. The molecule has 3 aromatic heterocycles. The highest BCUT2D eigenvalue weighted by Gasteiger charge is 2.38. The average molecular weight is 602 g/mol. The van der Waals surface area contributed by atoms with Crippen molar-refractivity contribution in [3.63, 3.8) is 0 Å². The number of alkyl halides is 3. The molecule has 0 bridgehead atoms. The Bertz CT molecular complexity index is 1610. The number of hydrogen-bond donors (Lipinski definition) is 1. The van der Waals surface area contributed by atoms with Crippen LogP contribution in [-0.2, 0) is 23.9 Å². The van der Waals surface area contributed by atoms with Gasteiger partial charge in [0.25, 0.3) is 5.91 Å². The Morgan fingerprint density at radius 3 is 2.48 bits per heavy atom. The highest BCUT2D eigenvalue weighted by Crippen LogP contribution is 2.32. The average Bonchev–Trinajstić information content (AvgIpc) is 3.24. The summed E-state index contributed by atoms with van der Waals surface area (Å²) in [5, 5.41) is 2.68. The van der Waals surface area contributed by atoms with Gasteiger partial charge in [0.1, 0.15) is 0 Å². The molecule has 0 radical (unpaired) electrons. The van der Waals surface area contributed by atoms with E-state index in [0.717, 1.165) is 41.8 Å².